The number of carbonyl (C=O) groups is 4. The van der Waals surface area contributed by atoms with Gasteiger partial charge in [-0.05, 0) is 167 Å². The van der Waals surface area contributed by atoms with Crippen LogP contribution >= 0.6 is 106 Å². The number of carboxylic acids is 1. The predicted molar refractivity (Wildman–Crippen MR) is 360 cm³/mol. The van der Waals surface area contributed by atoms with Gasteiger partial charge in [0.15, 0.2) is 66.9 Å². The number of pyridine rings is 4. The molecule has 14 rings (SSSR count). The molecule has 0 saturated carbocycles. The average Bonchev–Trinajstić information content (AvgIpc) is 1.64. The van der Waals surface area contributed by atoms with E-state index in [2.05, 4.69) is 127 Å². The minimum absolute atomic E-state index is 0.103. The normalized spacial score (nSPS) is 11.3. The van der Waals surface area contributed by atoms with Crippen molar-refractivity contribution >= 4 is 167 Å². The second-order valence-corrected chi connectivity index (χ2v) is 24.9. The molecule has 472 valence electrons. The zero-order chi connectivity index (χ0) is 65.9. The zero-order valence-corrected chi connectivity index (χ0v) is 57.0. The van der Waals surface area contributed by atoms with Crippen molar-refractivity contribution < 1.29 is 56.1 Å². The molecule has 34 heteroatoms. The Morgan fingerprint density at radius 3 is 1.37 bits per heavy atom. The van der Waals surface area contributed by atoms with Gasteiger partial charge in [-0.3, -0.25) is 9.98 Å². The van der Waals surface area contributed by atoms with E-state index >= 15 is 0 Å². The number of aromatic nitrogens is 14. The van der Waals surface area contributed by atoms with Crippen LogP contribution in [-0.2, 0) is 20.8 Å². The van der Waals surface area contributed by atoms with E-state index in [1.807, 2.05) is 24.4 Å². The second kappa shape index (κ2) is 30.7. The van der Waals surface area contributed by atoms with E-state index in [0.29, 0.717) is 88.5 Å². The monoisotopic (exact) mass is 1620 g/mol. The van der Waals surface area contributed by atoms with Crippen molar-refractivity contribution in [3.05, 3.63) is 196 Å². The van der Waals surface area contributed by atoms with E-state index in [4.69, 9.17) is 19.3 Å². The van der Waals surface area contributed by atoms with E-state index in [0.717, 1.165) is 66.3 Å². The van der Waals surface area contributed by atoms with Gasteiger partial charge in [0.1, 0.15) is 18.8 Å². The van der Waals surface area contributed by atoms with Crippen molar-refractivity contribution in [2.45, 2.75) is 27.3 Å². The third-order valence-corrected chi connectivity index (χ3v) is 17.8. The molecule has 0 bridgehead atoms. The molecule has 0 saturated heterocycles. The summed E-state index contributed by atoms with van der Waals surface area (Å²) in [6.45, 7) is 6.96. The van der Waals surface area contributed by atoms with Crippen LogP contribution in [0.15, 0.2) is 140 Å². The van der Waals surface area contributed by atoms with Gasteiger partial charge in [0, 0.05) is 73.8 Å². The topological polar surface area (TPSA) is 285 Å². The summed E-state index contributed by atoms with van der Waals surface area (Å²) < 4.78 is 75.5. The number of thiazole rings is 4. The molecule has 1 N–H and O–H groups in total. The molecule has 1 aliphatic heterocycles. The molecule has 93 heavy (non-hydrogen) atoms. The number of aromatic carboxylic acids is 1. The molecule has 12 heterocycles. The lowest BCUT2D eigenvalue weighted by atomic mass is 10.1. The maximum absolute atomic E-state index is 13.7. The van der Waals surface area contributed by atoms with Gasteiger partial charge in [-0.25, -0.2) is 71.6 Å². The number of benzene rings is 2. The summed E-state index contributed by atoms with van der Waals surface area (Å²) in [5, 5.41) is 32.1. The van der Waals surface area contributed by atoms with E-state index in [9.17, 15) is 36.7 Å². The Kier molecular flexibility index (Phi) is 22.2. The van der Waals surface area contributed by atoms with Crippen molar-refractivity contribution in [1.29, 1.82) is 0 Å². The SMILES string of the molecule is CCOC(=O)c1csc(-n2nc(-c3ccc(F)c(F)c3)c3cccnc32)n1.CCOC(=O)c1csc(-n2nc(I)c3cccnc32)n1.CCOC(=O)c1csc(Br)n1.IC1=NCc2ncccc21.O=C(O)c1csc(-n2nc(-c3ccc(F)c(F)c3)c3cccnc32)n1. The Morgan fingerprint density at radius 2 is 0.935 bits per heavy atom. The fourth-order valence-electron chi connectivity index (χ4n) is 8.25. The van der Waals surface area contributed by atoms with Crippen LogP contribution in [0.4, 0.5) is 17.6 Å². The molecule has 0 spiro atoms. The van der Waals surface area contributed by atoms with E-state index in [1.54, 1.807) is 84.4 Å². The highest BCUT2D eigenvalue weighted by Crippen LogP contribution is 2.33. The van der Waals surface area contributed by atoms with Crippen LogP contribution in [0.1, 0.15) is 74.0 Å². The molecule has 0 unspecified atom stereocenters. The Morgan fingerprint density at radius 1 is 0.527 bits per heavy atom. The fourth-order valence-corrected chi connectivity index (χ4v) is 12.8. The number of carboxylic acid groups (broad SMARTS) is 1. The average molecular weight is 1630 g/mol. The number of hydrogen-bond donors (Lipinski definition) is 1. The minimum atomic E-state index is -1.15. The number of rotatable bonds is 12. The summed E-state index contributed by atoms with van der Waals surface area (Å²) in [4.78, 5) is 83.2. The molecule has 2 aromatic carbocycles. The number of hydrogen-bond acceptors (Lipinski definition) is 23. The lowest BCUT2D eigenvalue weighted by molar-refractivity contribution is 0.0511. The lowest BCUT2D eigenvalue weighted by Gasteiger charge is -1.99. The van der Waals surface area contributed by atoms with Gasteiger partial charge in [0.2, 0.25) is 15.4 Å². The lowest BCUT2D eigenvalue weighted by Crippen LogP contribution is -2.06. The summed E-state index contributed by atoms with van der Waals surface area (Å²) in [5.41, 5.74) is 6.30. The third kappa shape index (κ3) is 15.6. The number of esters is 3. The maximum atomic E-state index is 13.7. The first-order chi connectivity index (χ1) is 44.9. The van der Waals surface area contributed by atoms with Crippen molar-refractivity contribution in [1.82, 2.24) is 69.2 Å². The molecule has 1 aliphatic rings. The Labute approximate surface area is 573 Å². The first kappa shape index (κ1) is 67.1. The number of aliphatic imine (C=N–C) groups is 1. The highest BCUT2D eigenvalue weighted by Gasteiger charge is 2.23. The molecule has 0 aliphatic carbocycles. The molecule has 11 aromatic heterocycles. The summed E-state index contributed by atoms with van der Waals surface area (Å²) >= 11 is 12.5. The molecule has 0 radical (unpaired) electrons. The van der Waals surface area contributed by atoms with Crippen molar-refractivity contribution in [2.75, 3.05) is 19.8 Å². The molecule has 13 aromatic rings. The smallest absolute Gasteiger partial charge is 0.357 e. The van der Waals surface area contributed by atoms with Crippen molar-refractivity contribution in [3.8, 4) is 37.9 Å². The summed E-state index contributed by atoms with van der Waals surface area (Å²) in [6, 6.07) is 21.8. The van der Waals surface area contributed by atoms with Crippen molar-refractivity contribution in [3.63, 3.8) is 0 Å². The molecule has 0 amide bonds. The van der Waals surface area contributed by atoms with E-state index in [-0.39, 0.29) is 24.0 Å². The Balaban J connectivity index is 0.000000133. The third-order valence-electron chi connectivity index (χ3n) is 12.3. The number of ether oxygens (including phenoxy) is 3. The highest BCUT2D eigenvalue weighted by molar-refractivity contribution is 14.1. The quantitative estimate of drug-likeness (QED) is 0.0514. The van der Waals surface area contributed by atoms with Gasteiger partial charge < -0.3 is 19.3 Å². The van der Waals surface area contributed by atoms with Gasteiger partial charge in [0.25, 0.3) is 0 Å². The van der Waals surface area contributed by atoms with Crippen LogP contribution in [0.25, 0.3) is 71.0 Å². The molecular formula is C59H40BrF4I2N15O8S4. The van der Waals surface area contributed by atoms with Gasteiger partial charge in [0.05, 0.1) is 37.4 Å². The largest absolute Gasteiger partial charge is 0.476 e. The van der Waals surface area contributed by atoms with Gasteiger partial charge in [-0.1, -0.05) is 0 Å². The highest BCUT2D eigenvalue weighted by atomic mass is 127. The Bertz CT molecular complexity index is 4940. The predicted octanol–water partition coefficient (Wildman–Crippen LogP) is 14.0. The van der Waals surface area contributed by atoms with Crippen molar-refractivity contribution in [2.24, 2.45) is 4.99 Å². The van der Waals surface area contributed by atoms with Crippen LogP contribution in [0.5, 0.6) is 0 Å². The first-order valence-corrected chi connectivity index (χ1v) is 33.4. The zero-order valence-electron chi connectivity index (χ0n) is 47.8. The summed E-state index contributed by atoms with van der Waals surface area (Å²) in [7, 11) is 0. The van der Waals surface area contributed by atoms with Crippen LogP contribution in [0.2, 0.25) is 0 Å². The number of fused-ring (bicyclic) bond motifs is 4. The molecule has 0 atom stereocenters. The number of nitrogens with zero attached hydrogens (tertiary/aromatic N) is 15. The maximum Gasteiger partial charge on any atom is 0.357 e. The van der Waals surface area contributed by atoms with Gasteiger partial charge in [-0.2, -0.15) is 29.3 Å². The summed E-state index contributed by atoms with van der Waals surface area (Å²) in [5.74, 6) is -6.28. The first-order valence-electron chi connectivity index (χ1n) is 26.9. The van der Waals surface area contributed by atoms with Gasteiger partial charge in [-0.15, -0.1) is 45.3 Å². The molecule has 0 fully saturated rings. The van der Waals surface area contributed by atoms with E-state index in [1.165, 1.54) is 66.5 Å². The molecular weight excluding hydrogens is 1580 g/mol. The summed E-state index contributed by atoms with van der Waals surface area (Å²) in [6.07, 6.45) is 6.66. The molecule has 23 nitrogen and oxygen atoms in total. The fraction of sp³-hybridized carbons (Fsp3) is 0.119. The van der Waals surface area contributed by atoms with Crippen LogP contribution in [0, 0.1) is 27.0 Å². The Hall–Kier alpha value is -8.82. The van der Waals surface area contributed by atoms with Crippen LogP contribution in [-0.4, -0.2) is 122 Å². The number of halogens is 7. The van der Waals surface area contributed by atoms with Gasteiger partial charge >= 0.3 is 23.9 Å². The van der Waals surface area contributed by atoms with Crippen LogP contribution in [0.3, 0.4) is 0 Å². The second-order valence-electron chi connectivity index (χ2n) is 18.2. The van der Waals surface area contributed by atoms with Crippen LogP contribution < -0.4 is 0 Å². The minimum Gasteiger partial charge on any atom is -0.476 e. The van der Waals surface area contributed by atoms with E-state index < -0.39 is 41.2 Å². The standard InChI is InChI=1S/C18H12F2N4O2S.C16H8F2N4O2S.C12H9IN4O2S.C7H5IN2.C6H6BrNO2S/c1-2-26-17(25)14-9-27-18(22-14)24-16-11(4-3-7-21-16)15(23-24)10-5-6-12(19)13(20)8-10;17-10-4-3-8(6-11(10)18)13-9-2-1-5-19-14(9)22(21-13)16-20-12(7-25-16)15(23)24;1-2-19-11(18)8-6-20-12(15-8)17-10-7(9(13)16-17)4-3-5-14-10;8-7-5-2-1-3-9-6(5)4-10-7;1-2-10-5(9)4-3-11-6(7)8-4/h3-9H,2H2,1H3;1-7H,(H,23,24);3-6H,2H2,1H3;1-3H,4H2;3H,2H2,1H3. The number of carbonyl (C=O) groups excluding carboxylic acids is 3.